The predicted octanol–water partition coefficient (Wildman–Crippen LogP) is 3.39. The maximum atomic E-state index is 12.6. The van der Waals surface area contributed by atoms with Gasteiger partial charge in [0.05, 0.1) is 16.4 Å². The zero-order valence-corrected chi connectivity index (χ0v) is 14.5. The van der Waals surface area contributed by atoms with Crippen LogP contribution >= 0.6 is 0 Å². The summed E-state index contributed by atoms with van der Waals surface area (Å²) in [5.41, 5.74) is 0.815. The van der Waals surface area contributed by atoms with Gasteiger partial charge in [-0.25, -0.2) is 0 Å². The van der Waals surface area contributed by atoms with E-state index in [1.807, 2.05) is 37.3 Å². The van der Waals surface area contributed by atoms with Crippen molar-refractivity contribution < 1.29 is 17.4 Å². The zero-order chi connectivity index (χ0) is 17.4. The molecule has 0 aliphatic heterocycles. The van der Waals surface area contributed by atoms with Crippen LogP contribution in [-0.2, 0) is 24.5 Å². The van der Waals surface area contributed by atoms with Crippen molar-refractivity contribution in [2.24, 2.45) is 0 Å². The molecule has 1 aliphatic rings. The first-order chi connectivity index (χ1) is 11.3. The molecule has 1 saturated carbocycles. The Morgan fingerprint density at radius 2 is 1.67 bits per heavy atom. The highest BCUT2D eigenvalue weighted by molar-refractivity contribution is 7.86. The van der Waals surface area contributed by atoms with Crippen LogP contribution in [0.4, 0.5) is 0 Å². The zero-order valence-electron chi connectivity index (χ0n) is 13.7. The molecule has 1 fully saturated rings. The van der Waals surface area contributed by atoms with Gasteiger partial charge in [-0.15, -0.1) is 0 Å². The fourth-order valence-electron chi connectivity index (χ4n) is 3.18. The second-order valence-electron chi connectivity index (χ2n) is 6.38. The highest BCUT2D eigenvalue weighted by atomic mass is 32.2. The van der Waals surface area contributed by atoms with Gasteiger partial charge in [0.25, 0.3) is 10.1 Å². The van der Waals surface area contributed by atoms with Gasteiger partial charge in [0, 0.05) is 6.42 Å². The lowest BCUT2D eigenvalue weighted by Gasteiger charge is -2.30. The summed E-state index contributed by atoms with van der Waals surface area (Å²) in [4.78, 5) is 12.6. The molecule has 0 heterocycles. The third-order valence-corrected chi connectivity index (χ3v) is 6.12. The number of aryl methyl sites for hydroxylation is 1. The monoisotopic (exact) mass is 344 g/mol. The first kappa shape index (κ1) is 16.9. The molecule has 4 nitrogen and oxygen atoms in total. The number of hydrogen-bond donors (Lipinski definition) is 0. The first-order valence-corrected chi connectivity index (χ1v) is 9.33. The lowest BCUT2D eigenvalue weighted by atomic mass is 9.78. The van der Waals surface area contributed by atoms with Gasteiger partial charge in [0.2, 0.25) is 0 Å². The van der Waals surface area contributed by atoms with Crippen molar-refractivity contribution in [2.75, 3.05) is 0 Å². The largest absolute Gasteiger partial charge is 0.299 e. The van der Waals surface area contributed by atoms with Crippen molar-refractivity contribution in [1.82, 2.24) is 0 Å². The maximum Gasteiger partial charge on any atom is 0.297 e. The average molecular weight is 344 g/mol. The number of ketones is 1. The second-order valence-corrected chi connectivity index (χ2v) is 7.95. The summed E-state index contributed by atoms with van der Waals surface area (Å²) in [6.45, 7) is 3.66. The van der Waals surface area contributed by atoms with Crippen molar-refractivity contribution >= 4 is 15.9 Å². The van der Waals surface area contributed by atoms with Crippen LogP contribution in [0.3, 0.4) is 0 Å². The fraction of sp³-hybridized carbons (Fsp3) is 0.316. The lowest BCUT2D eigenvalue weighted by molar-refractivity contribution is -0.123. The summed E-state index contributed by atoms with van der Waals surface area (Å²) < 4.78 is 30.7. The van der Waals surface area contributed by atoms with E-state index < -0.39 is 21.6 Å². The van der Waals surface area contributed by atoms with Crippen molar-refractivity contribution in [2.45, 2.75) is 43.1 Å². The Morgan fingerprint density at radius 3 is 2.29 bits per heavy atom. The summed E-state index contributed by atoms with van der Waals surface area (Å²) >= 11 is 0. The van der Waals surface area contributed by atoms with Gasteiger partial charge in [-0.3, -0.25) is 8.98 Å². The van der Waals surface area contributed by atoms with Gasteiger partial charge in [-0.1, -0.05) is 48.0 Å². The van der Waals surface area contributed by atoms with Crippen molar-refractivity contribution in [1.29, 1.82) is 0 Å². The average Bonchev–Trinajstić information content (AvgIpc) is 2.85. The molecule has 0 aromatic heterocycles. The lowest BCUT2D eigenvalue weighted by Crippen LogP contribution is -2.40. The van der Waals surface area contributed by atoms with Crippen molar-refractivity contribution in [3.8, 4) is 0 Å². The van der Waals surface area contributed by atoms with Crippen LogP contribution in [0.15, 0.2) is 59.5 Å². The fourth-order valence-corrected chi connectivity index (χ4v) is 4.35. The minimum atomic E-state index is -3.92. The number of carbonyl (C=O) groups excluding carboxylic acids is 1. The van der Waals surface area contributed by atoms with E-state index in [1.54, 1.807) is 19.1 Å². The van der Waals surface area contributed by atoms with Crippen molar-refractivity contribution in [3.63, 3.8) is 0 Å². The van der Waals surface area contributed by atoms with Crippen LogP contribution in [0, 0.1) is 6.92 Å². The van der Waals surface area contributed by atoms with Gasteiger partial charge in [0.15, 0.2) is 0 Å². The molecule has 0 unspecified atom stereocenters. The highest BCUT2D eigenvalue weighted by Crippen LogP contribution is 2.41. The standard InChI is InChI=1S/C19H20O4S/c1-14-8-10-16(11-9-14)24(21,22)23-18-13-12-17(20)19(18,2)15-6-4-3-5-7-15/h3-11,18H,12-13H2,1-2H3/t18-,19-/m1/s1. The number of Topliss-reactive ketones (excluding diaryl/α,β-unsaturated/α-hetero) is 1. The van der Waals surface area contributed by atoms with Crippen LogP contribution in [-0.4, -0.2) is 20.3 Å². The molecular formula is C19H20O4S. The van der Waals surface area contributed by atoms with Gasteiger partial charge >= 0.3 is 0 Å². The number of benzene rings is 2. The molecular weight excluding hydrogens is 324 g/mol. The Labute approximate surface area is 142 Å². The van der Waals surface area contributed by atoms with E-state index in [2.05, 4.69) is 0 Å². The van der Waals surface area contributed by atoms with Crippen LogP contribution < -0.4 is 0 Å². The summed E-state index contributed by atoms with van der Waals surface area (Å²) in [6, 6.07) is 15.8. The van der Waals surface area contributed by atoms with E-state index in [4.69, 9.17) is 4.18 Å². The molecule has 0 saturated heterocycles. The smallest absolute Gasteiger partial charge is 0.297 e. The molecule has 0 spiro atoms. The summed E-state index contributed by atoms with van der Waals surface area (Å²) in [6.07, 6.45) is 0.0214. The molecule has 5 heteroatoms. The molecule has 3 rings (SSSR count). The number of carbonyl (C=O) groups is 1. The SMILES string of the molecule is Cc1ccc(S(=O)(=O)O[C@@H]2CCC(=O)[C@@]2(C)c2ccccc2)cc1. The molecule has 0 N–H and O–H groups in total. The maximum absolute atomic E-state index is 12.6. The molecule has 2 aromatic carbocycles. The Balaban J connectivity index is 1.94. The molecule has 0 bridgehead atoms. The Kier molecular flexibility index (Phi) is 4.32. The third-order valence-electron chi connectivity index (χ3n) is 4.78. The summed E-state index contributed by atoms with van der Waals surface area (Å²) in [5.74, 6) is 0.0119. The van der Waals surface area contributed by atoms with E-state index in [0.29, 0.717) is 12.8 Å². The Hall–Kier alpha value is -1.98. The van der Waals surface area contributed by atoms with Gasteiger partial charge < -0.3 is 0 Å². The Morgan fingerprint density at radius 1 is 1.04 bits per heavy atom. The molecule has 0 amide bonds. The van der Waals surface area contributed by atoms with Crippen LogP contribution in [0.1, 0.15) is 30.9 Å². The summed E-state index contributed by atoms with van der Waals surface area (Å²) in [7, 11) is -3.92. The van der Waals surface area contributed by atoms with E-state index in [9.17, 15) is 13.2 Å². The molecule has 126 valence electrons. The molecule has 0 radical (unpaired) electrons. The molecule has 1 aliphatic carbocycles. The highest BCUT2D eigenvalue weighted by Gasteiger charge is 2.50. The summed E-state index contributed by atoms with van der Waals surface area (Å²) in [5, 5.41) is 0. The minimum absolute atomic E-state index is 0.0119. The normalized spacial score (nSPS) is 24.2. The van der Waals surface area contributed by atoms with Crippen LogP contribution in [0.5, 0.6) is 0 Å². The second kappa shape index (κ2) is 6.15. The molecule has 2 atom stereocenters. The number of hydrogen-bond acceptors (Lipinski definition) is 4. The van der Waals surface area contributed by atoms with Crippen LogP contribution in [0.2, 0.25) is 0 Å². The van der Waals surface area contributed by atoms with Crippen LogP contribution in [0.25, 0.3) is 0 Å². The molecule has 2 aromatic rings. The third kappa shape index (κ3) is 2.89. The van der Waals surface area contributed by atoms with E-state index in [1.165, 1.54) is 12.1 Å². The van der Waals surface area contributed by atoms with Gasteiger partial charge in [-0.2, -0.15) is 8.42 Å². The topological polar surface area (TPSA) is 60.4 Å². The quantitative estimate of drug-likeness (QED) is 0.798. The van der Waals surface area contributed by atoms with Crippen molar-refractivity contribution in [3.05, 3.63) is 65.7 Å². The predicted molar refractivity (Wildman–Crippen MR) is 91.3 cm³/mol. The van der Waals surface area contributed by atoms with E-state index >= 15 is 0 Å². The van der Waals surface area contributed by atoms with E-state index in [-0.39, 0.29) is 10.7 Å². The van der Waals surface area contributed by atoms with Gasteiger partial charge in [-0.05, 0) is 38.0 Å². The first-order valence-electron chi connectivity index (χ1n) is 7.93. The molecule has 24 heavy (non-hydrogen) atoms. The number of rotatable bonds is 4. The van der Waals surface area contributed by atoms with E-state index in [0.717, 1.165) is 11.1 Å². The minimum Gasteiger partial charge on any atom is -0.299 e. The van der Waals surface area contributed by atoms with Gasteiger partial charge in [0.1, 0.15) is 5.78 Å². The Bertz CT molecular complexity index is 841.